The Hall–Kier alpha value is -3.44. The summed E-state index contributed by atoms with van der Waals surface area (Å²) in [7, 11) is 0. The molecular formula is C23H21F2N5O3S. The first kappa shape index (κ1) is 22.4. The van der Waals surface area contributed by atoms with Crippen molar-refractivity contribution in [3.05, 3.63) is 65.3 Å². The van der Waals surface area contributed by atoms with Crippen LogP contribution in [0.1, 0.15) is 18.2 Å². The quantitative estimate of drug-likeness (QED) is 0.391. The Morgan fingerprint density at radius 2 is 1.97 bits per heavy atom. The van der Waals surface area contributed by atoms with Gasteiger partial charge in [0, 0.05) is 45.1 Å². The van der Waals surface area contributed by atoms with E-state index in [1.807, 2.05) is 22.4 Å². The number of halogens is 2. The fraction of sp³-hybridized carbons (Fsp3) is 0.304. The van der Waals surface area contributed by atoms with Gasteiger partial charge >= 0.3 is 0 Å². The largest absolute Gasteiger partial charge is 0.441 e. The number of oxazole rings is 1. The van der Waals surface area contributed by atoms with Gasteiger partial charge in [-0.3, -0.25) is 9.69 Å². The third-order valence-corrected chi connectivity index (χ3v) is 6.46. The van der Waals surface area contributed by atoms with Gasteiger partial charge in [-0.2, -0.15) is 4.98 Å². The molecule has 4 aromatic rings. The Kier molecular flexibility index (Phi) is 6.45. The number of carbonyl (C=O) groups excluding carboxylic acids is 1. The summed E-state index contributed by atoms with van der Waals surface area (Å²) in [5.74, 6) is 0.313. The second-order valence-corrected chi connectivity index (χ2v) is 8.84. The number of hydrogen-bond acceptors (Lipinski definition) is 8. The molecule has 8 nitrogen and oxygen atoms in total. The molecule has 0 bridgehead atoms. The van der Waals surface area contributed by atoms with E-state index in [-0.39, 0.29) is 23.7 Å². The van der Waals surface area contributed by atoms with Gasteiger partial charge in [-0.15, -0.1) is 11.3 Å². The molecule has 0 unspecified atom stereocenters. The number of amides is 1. The highest BCUT2D eigenvalue weighted by Gasteiger charge is 2.23. The molecule has 1 fully saturated rings. The third-order valence-electron chi connectivity index (χ3n) is 5.60. The van der Waals surface area contributed by atoms with E-state index in [1.54, 1.807) is 11.3 Å². The zero-order valence-corrected chi connectivity index (χ0v) is 18.9. The van der Waals surface area contributed by atoms with Crippen molar-refractivity contribution in [2.45, 2.75) is 19.4 Å². The summed E-state index contributed by atoms with van der Waals surface area (Å²) in [6, 6.07) is 7.14. The number of aryl methyl sites for hydroxylation is 1. The van der Waals surface area contributed by atoms with E-state index in [9.17, 15) is 13.6 Å². The Morgan fingerprint density at radius 1 is 1.12 bits per heavy atom. The lowest BCUT2D eigenvalue weighted by Crippen LogP contribution is -2.48. The van der Waals surface area contributed by atoms with Crippen molar-refractivity contribution in [2.75, 3.05) is 26.2 Å². The van der Waals surface area contributed by atoms with Crippen molar-refractivity contribution in [1.29, 1.82) is 0 Å². The van der Waals surface area contributed by atoms with Crippen molar-refractivity contribution >= 4 is 17.2 Å². The molecule has 0 aliphatic carbocycles. The Bertz CT molecular complexity index is 1270. The van der Waals surface area contributed by atoms with Gasteiger partial charge in [0.1, 0.15) is 11.6 Å². The van der Waals surface area contributed by atoms with Crippen LogP contribution in [0.15, 0.2) is 50.8 Å². The number of aromatic nitrogens is 3. The van der Waals surface area contributed by atoms with E-state index in [1.165, 1.54) is 12.3 Å². The van der Waals surface area contributed by atoms with Gasteiger partial charge in [0.15, 0.2) is 11.7 Å². The number of hydrogen-bond donors (Lipinski definition) is 0. The minimum Gasteiger partial charge on any atom is -0.441 e. The van der Waals surface area contributed by atoms with Gasteiger partial charge in [-0.25, -0.2) is 13.8 Å². The van der Waals surface area contributed by atoms with Gasteiger partial charge in [0.25, 0.3) is 0 Å². The fourth-order valence-corrected chi connectivity index (χ4v) is 4.43. The van der Waals surface area contributed by atoms with Gasteiger partial charge in [-0.05, 0) is 23.6 Å². The van der Waals surface area contributed by atoms with Crippen molar-refractivity contribution < 1.29 is 22.5 Å². The molecular weight excluding hydrogens is 464 g/mol. The number of rotatable bonds is 7. The third kappa shape index (κ3) is 5.05. The molecule has 1 saturated heterocycles. The molecule has 0 saturated carbocycles. The molecule has 3 aromatic heterocycles. The number of piperazine rings is 1. The van der Waals surface area contributed by atoms with Crippen LogP contribution in [0.4, 0.5) is 8.78 Å². The molecule has 0 spiro atoms. The van der Waals surface area contributed by atoms with Gasteiger partial charge in [0.2, 0.25) is 17.6 Å². The van der Waals surface area contributed by atoms with Crippen LogP contribution in [-0.2, 0) is 17.8 Å². The van der Waals surface area contributed by atoms with E-state index < -0.39 is 11.6 Å². The fourth-order valence-electron chi connectivity index (χ4n) is 3.78. The van der Waals surface area contributed by atoms with Crippen molar-refractivity contribution in [3.63, 3.8) is 0 Å². The molecule has 1 amide bonds. The highest BCUT2D eigenvalue weighted by Crippen LogP contribution is 2.25. The van der Waals surface area contributed by atoms with E-state index in [0.29, 0.717) is 56.8 Å². The summed E-state index contributed by atoms with van der Waals surface area (Å²) in [6.07, 6.45) is 1.92. The molecule has 1 aliphatic rings. The average Bonchev–Trinajstić information content (AvgIpc) is 3.60. The summed E-state index contributed by atoms with van der Waals surface area (Å²) in [6.45, 7) is 3.15. The van der Waals surface area contributed by atoms with Crippen LogP contribution in [0.3, 0.4) is 0 Å². The van der Waals surface area contributed by atoms with E-state index in [2.05, 4.69) is 20.0 Å². The standard InChI is InChI=1S/C23H21F2N5O3S/c24-15-3-4-16(17(25)12-15)18-13-26-20(32-18)5-6-22(31)30-9-7-29(8-10-30)14-21-27-23(28-33-21)19-2-1-11-34-19/h1-4,11-13H,5-10,14H2. The maximum Gasteiger partial charge on any atom is 0.241 e. The monoisotopic (exact) mass is 485 g/mol. The van der Waals surface area contributed by atoms with Crippen molar-refractivity contribution in [2.24, 2.45) is 0 Å². The highest BCUT2D eigenvalue weighted by molar-refractivity contribution is 7.13. The predicted octanol–water partition coefficient (Wildman–Crippen LogP) is 4.01. The van der Waals surface area contributed by atoms with E-state index in [4.69, 9.17) is 8.94 Å². The first-order valence-corrected chi connectivity index (χ1v) is 11.7. The zero-order valence-electron chi connectivity index (χ0n) is 18.1. The Labute approximate surface area is 197 Å². The van der Waals surface area contributed by atoms with Crippen molar-refractivity contribution in [1.82, 2.24) is 24.9 Å². The average molecular weight is 486 g/mol. The van der Waals surface area contributed by atoms with Crippen LogP contribution >= 0.6 is 11.3 Å². The molecule has 1 aromatic carbocycles. The minimum atomic E-state index is -0.722. The maximum atomic E-state index is 13.9. The lowest BCUT2D eigenvalue weighted by atomic mass is 10.2. The zero-order chi connectivity index (χ0) is 23.5. The Morgan fingerprint density at radius 3 is 2.74 bits per heavy atom. The van der Waals surface area contributed by atoms with Gasteiger partial charge in [-0.1, -0.05) is 11.2 Å². The van der Waals surface area contributed by atoms with Crippen LogP contribution in [0.5, 0.6) is 0 Å². The predicted molar refractivity (Wildman–Crippen MR) is 120 cm³/mol. The van der Waals surface area contributed by atoms with Crippen molar-refractivity contribution in [3.8, 4) is 22.0 Å². The van der Waals surface area contributed by atoms with Crippen LogP contribution in [0, 0.1) is 11.6 Å². The molecule has 1 aliphatic heterocycles. The molecule has 4 heterocycles. The Balaban J connectivity index is 1.09. The summed E-state index contributed by atoms with van der Waals surface area (Å²) in [5.41, 5.74) is 0.131. The van der Waals surface area contributed by atoms with E-state index >= 15 is 0 Å². The summed E-state index contributed by atoms with van der Waals surface area (Å²) in [5, 5.41) is 6.00. The van der Waals surface area contributed by atoms with Gasteiger partial charge in [0.05, 0.1) is 23.2 Å². The SMILES string of the molecule is O=C(CCc1ncc(-c2ccc(F)cc2F)o1)N1CCN(Cc2nc(-c3cccs3)no2)CC1. The van der Waals surface area contributed by atoms with Crippen LogP contribution < -0.4 is 0 Å². The number of thiophene rings is 1. The molecule has 5 rings (SSSR count). The highest BCUT2D eigenvalue weighted by atomic mass is 32.1. The smallest absolute Gasteiger partial charge is 0.241 e. The molecule has 11 heteroatoms. The number of carbonyl (C=O) groups is 1. The van der Waals surface area contributed by atoms with Crippen LogP contribution in [-0.4, -0.2) is 57.0 Å². The normalized spacial score (nSPS) is 14.6. The molecule has 176 valence electrons. The van der Waals surface area contributed by atoms with Crippen LogP contribution in [0.2, 0.25) is 0 Å². The van der Waals surface area contributed by atoms with E-state index in [0.717, 1.165) is 17.0 Å². The lowest BCUT2D eigenvalue weighted by Gasteiger charge is -2.33. The maximum absolute atomic E-state index is 13.9. The topological polar surface area (TPSA) is 88.5 Å². The second kappa shape index (κ2) is 9.82. The van der Waals surface area contributed by atoms with Gasteiger partial charge < -0.3 is 13.8 Å². The molecule has 34 heavy (non-hydrogen) atoms. The molecule has 0 N–H and O–H groups in total. The summed E-state index contributed by atoms with van der Waals surface area (Å²) in [4.78, 5) is 26.2. The summed E-state index contributed by atoms with van der Waals surface area (Å²) >= 11 is 1.56. The first-order valence-electron chi connectivity index (χ1n) is 10.8. The summed E-state index contributed by atoms with van der Waals surface area (Å²) < 4.78 is 38.0. The van der Waals surface area contributed by atoms with Crippen LogP contribution in [0.25, 0.3) is 22.0 Å². The lowest BCUT2D eigenvalue weighted by molar-refractivity contribution is -0.133. The molecule has 0 atom stereocenters. The molecule has 0 radical (unpaired) electrons. The number of nitrogens with zero attached hydrogens (tertiary/aromatic N) is 5. The second-order valence-electron chi connectivity index (χ2n) is 7.89. The minimum absolute atomic E-state index is 0.00475. The first-order chi connectivity index (χ1) is 16.5. The number of benzene rings is 1.